The Balaban J connectivity index is 3.17. The van der Waals surface area contributed by atoms with Crippen LogP contribution < -0.4 is 4.74 Å². The lowest BCUT2D eigenvalue weighted by Crippen LogP contribution is -2.03. The van der Waals surface area contributed by atoms with E-state index in [0.29, 0.717) is 11.4 Å². The van der Waals surface area contributed by atoms with Crippen LogP contribution in [0.4, 0.5) is 0 Å². The first-order valence-electron chi connectivity index (χ1n) is 5.01. The first-order chi connectivity index (χ1) is 7.47. The van der Waals surface area contributed by atoms with Crippen LogP contribution in [0.3, 0.4) is 0 Å². The number of ether oxygens (including phenoxy) is 1. The van der Waals surface area contributed by atoms with Crippen LogP contribution in [0.5, 0.6) is 5.75 Å². The van der Waals surface area contributed by atoms with E-state index < -0.39 is 5.97 Å². The number of rotatable bonds is 4. The fourth-order valence-corrected chi connectivity index (χ4v) is 2.01. The van der Waals surface area contributed by atoms with Crippen molar-refractivity contribution in [2.45, 2.75) is 26.7 Å². The minimum Gasteiger partial charge on any atom is -0.496 e. The van der Waals surface area contributed by atoms with Gasteiger partial charge >= 0.3 is 5.97 Å². The molecule has 0 radical (unpaired) electrons. The Kier molecular flexibility index (Phi) is 4.19. The summed E-state index contributed by atoms with van der Waals surface area (Å²) in [6.45, 7) is 3.77. The van der Waals surface area contributed by atoms with Gasteiger partial charge in [0.05, 0.1) is 7.11 Å². The predicted molar refractivity (Wildman–Crippen MR) is 63.4 cm³/mol. The molecule has 1 N–H and O–H groups in total. The molecular weight excluding hydrogens is 228 g/mol. The fourth-order valence-electron chi connectivity index (χ4n) is 1.73. The van der Waals surface area contributed by atoms with E-state index in [4.69, 9.17) is 21.4 Å². The Labute approximate surface area is 100.0 Å². The summed E-state index contributed by atoms with van der Waals surface area (Å²) in [5.41, 5.74) is 2.71. The lowest BCUT2D eigenvalue weighted by atomic mass is 9.99. The largest absolute Gasteiger partial charge is 0.496 e. The van der Waals surface area contributed by atoms with Crippen molar-refractivity contribution in [1.82, 2.24) is 0 Å². The van der Waals surface area contributed by atoms with Gasteiger partial charge in [0.2, 0.25) is 0 Å². The monoisotopic (exact) mass is 242 g/mol. The second kappa shape index (κ2) is 5.21. The van der Waals surface area contributed by atoms with Crippen LogP contribution in [-0.4, -0.2) is 18.2 Å². The van der Waals surface area contributed by atoms with Crippen molar-refractivity contribution in [1.29, 1.82) is 0 Å². The lowest BCUT2D eigenvalue weighted by Gasteiger charge is -2.15. The van der Waals surface area contributed by atoms with Crippen molar-refractivity contribution < 1.29 is 14.6 Å². The molecule has 0 aliphatic heterocycles. The molecule has 0 saturated heterocycles. The van der Waals surface area contributed by atoms with Gasteiger partial charge in [-0.05, 0) is 43.0 Å². The molecule has 0 saturated carbocycles. The quantitative estimate of drug-likeness (QED) is 0.883. The second-order valence-electron chi connectivity index (χ2n) is 3.71. The maximum absolute atomic E-state index is 10.6. The van der Waals surface area contributed by atoms with Crippen molar-refractivity contribution in [3.63, 3.8) is 0 Å². The smallest absolute Gasteiger partial charge is 0.303 e. The highest BCUT2D eigenvalue weighted by Crippen LogP contribution is 2.32. The van der Waals surface area contributed by atoms with Gasteiger partial charge in [0.1, 0.15) is 5.75 Å². The van der Waals surface area contributed by atoms with Gasteiger partial charge in [-0.3, -0.25) is 4.79 Å². The molecule has 0 aliphatic carbocycles. The van der Waals surface area contributed by atoms with E-state index in [2.05, 4.69) is 0 Å². The number of halogens is 1. The Bertz CT molecular complexity index is 413. The number of methoxy groups -OCH3 is 1. The number of aliphatic carboxylic acids is 1. The molecule has 0 spiro atoms. The number of hydrogen-bond acceptors (Lipinski definition) is 2. The average molecular weight is 243 g/mol. The van der Waals surface area contributed by atoms with Crippen molar-refractivity contribution in [3.8, 4) is 5.75 Å². The number of carboxylic acids is 1. The molecular formula is C12H15ClO3. The summed E-state index contributed by atoms with van der Waals surface area (Å²) >= 11 is 6.06. The molecule has 4 heteroatoms. The molecule has 0 amide bonds. The molecule has 1 aromatic rings. The van der Waals surface area contributed by atoms with Crippen LogP contribution >= 0.6 is 11.6 Å². The molecule has 1 rings (SSSR count). The molecule has 0 bridgehead atoms. The van der Waals surface area contributed by atoms with Gasteiger partial charge in [-0.2, -0.15) is 0 Å². The highest BCUT2D eigenvalue weighted by atomic mass is 35.5. The van der Waals surface area contributed by atoms with Crippen LogP contribution in [0.2, 0.25) is 5.02 Å². The summed E-state index contributed by atoms with van der Waals surface area (Å²) in [5, 5.41) is 9.35. The van der Waals surface area contributed by atoms with Gasteiger partial charge in [-0.15, -0.1) is 0 Å². The summed E-state index contributed by atoms with van der Waals surface area (Å²) in [5.74, 6) is -0.0813. The highest BCUT2D eigenvalue weighted by Gasteiger charge is 2.14. The highest BCUT2D eigenvalue weighted by molar-refractivity contribution is 6.31. The molecule has 1 aromatic carbocycles. The van der Waals surface area contributed by atoms with Crippen molar-refractivity contribution in [2.24, 2.45) is 0 Å². The zero-order valence-corrected chi connectivity index (χ0v) is 10.4. The van der Waals surface area contributed by atoms with Gasteiger partial charge in [0, 0.05) is 11.4 Å². The van der Waals surface area contributed by atoms with Crippen LogP contribution in [0.1, 0.15) is 23.1 Å². The van der Waals surface area contributed by atoms with Gasteiger partial charge in [0.15, 0.2) is 0 Å². The van der Waals surface area contributed by atoms with Gasteiger partial charge in [-0.1, -0.05) is 11.6 Å². The summed E-state index contributed by atoms with van der Waals surface area (Å²) in [6.07, 6.45) is 0.517. The van der Waals surface area contributed by atoms with Crippen LogP contribution in [0.15, 0.2) is 6.07 Å². The van der Waals surface area contributed by atoms with E-state index in [1.165, 1.54) is 0 Å². The Morgan fingerprint density at radius 2 is 2.12 bits per heavy atom. The van der Waals surface area contributed by atoms with Gasteiger partial charge in [-0.25, -0.2) is 0 Å². The van der Waals surface area contributed by atoms with Crippen LogP contribution in [-0.2, 0) is 11.2 Å². The molecule has 0 aromatic heterocycles. The van der Waals surface area contributed by atoms with Crippen LogP contribution in [0, 0.1) is 13.8 Å². The molecule has 16 heavy (non-hydrogen) atoms. The molecule has 0 atom stereocenters. The molecule has 3 nitrogen and oxygen atoms in total. The SMILES string of the molecule is COc1c(C)cc(Cl)c(C)c1CCC(=O)O. The predicted octanol–water partition coefficient (Wildman–Crippen LogP) is 2.98. The molecule has 0 heterocycles. The second-order valence-corrected chi connectivity index (χ2v) is 4.11. The zero-order chi connectivity index (χ0) is 12.3. The topological polar surface area (TPSA) is 46.5 Å². The molecule has 0 unspecified atom stereocenters. The first-order valence-corrected chi connectivity index (χ1v) is 5.39. The van der Waals surface area contributed by atoms with Gasteiger partial charge < -0.3 is 9.84 Å². The number of hydrogen-bond donors (Lipinski definition) is 1. The summed E-state index contributed by atoms with van der Waals surface area (Å²) < 4.78 is 5.29. The Morgan fingerprint density at radius 3 is 2.62 bits per heavy atom. The van der Waals surface area contributed by atoms with E-state index in [-0.39, 0.29) is 6.42 Å². The third-order valence-corrected chi connectivity index (χ3v) is 2.97. The maximum Gasteiger partial charge on any atom is 0.303 e. The fraction of sp³-hybridized carbons (Fsp3) is 0.417. The van der Waals surface area contributed by atoms with E-state index >= 15 is 0 Å². The molecule has 88 valence electrons. The van der Waals surface area contributed by atoms with E-state index in [0.717, 1.165) is 22.4 Å². The maximum atomic E-state index is 10.6. The number of carboxylic acid groups (broad SMARTS) is 1. The summed E-state index contributed by atoms with van der Waals surface area (Å²) in [6, 6.07) is 1.83. The third-order valence-electron chi connectivity index (χ3n) is 2.58. The zero-order valence-electron chi connectivity index (χ0n) is 9.63. The van der Waals surface area contributed by atoms with Crippen molar-refractivity contribution in [2.75, 3.05) is 7.11 Å². The average Bonchev–Trinajstić information content (AvgIpc) is 2.20. The minimum absolute atomic E-state index is 0.0803. The first kappa shape index (κ1) is 12.8. The number of benzene rings is 1. The summed E-state index contributed by atoms with van der Waals surface area (Å²) in [4.78, 5) is 10.6. The number of carbonyl (C=O) groups is 1. The third kappa shape index (κ3) is 2.67. The van der Waals surface area contributed by atoms with Crippen LogP contribution in [0.25, 0.3) is 0 Å². The standard InChI is InChI=1S/C12H15ClO3/c1-7-6-10(13)8(2)9(12(7)16-3)4-5-11(14)15/h6H,4-5H2,1-3H3,(H,14,15). The Morgan fingerprint density at radius 1 is 1.50 bits per heavy atom. The van der Waals surface area contributed by atoms with Crippen molar-refractivity contribution >= 4 is 17.6 Å². The molecule has 0 aliphatic rings. The van der Waals surface area contributed by atoms with Crippen molar-refractivity contribution in [3.05, 3.63) is 27.8 Å². The molecule has 0 fully saturated rings. The normalized spacial score (nSPS) is 10.2. The summed E-state index contributed by atoms with van der Waals surface area (Å²) in [7, 11) is 1.58. The number of aryl methyl sites for hydroxylation is 1. The lowest BCUT2D eigenvalue weighted by molar-refractivity contribution is -0.136. The van der Waals surface area contributed by atoms with Gasteiger partial charge in [0.25, 0.3) is 0 Å². The van der Waals surface area contributed by atoms with E-state index in [1.807, 2.05) is 19.9 Å². The minimum atomic E-state index is -0.820. The Hall–Kier alpha value is -1.22. The van der Waals surface area contributed by atoms with E-state index in [9.17, 15) is 4.79 Å². The van der Waals surface area contributed by atoms with E-state index in [1.54, 1.807) is 7.11 Å².